The van der Waals surface area contributed by atoms with Crippen molar-refractivity contribution in [2.45, 2.75) is 24.7 Å². The quantitative estimate of drug-likeness (QED) is 0.403. The third-order valence-electron chi connectivity index (χ3n) is 6.69. The maximum Gasteiger partial charge on any atom is 0.255 e. The summed E-state index contributed by atoms with van der Waals surface area (Å²) in [5, 5.41) is 7.03. The van der Waals surface area contributed by atoms with Crippen LogP contribution in [-0.4, -0.2) is 49.9 Å². The van der Waals surface area contributed by atoms with Crippen LogP contribution in [0, 0.1) is 0 Å². The van der Waals surface area contributed by atoms with Crippen molar-refractivity contribution in [1.82, 2.24) is 15.3 Å². The molecule has 9 heteroatoms. The smallest absolute Gasteiger partial charge is 0.255 e. The monoisotopic (exact) mass is 482 g/mol. The van der Waals surface area contributed by atoms with Crippen LogP contribution >= 0.6 is 11.6 Å². The minimum absolute atomic E-state index is 0.0829. The van der Waals surface area contributed by atoms with E-state index in [2.05, 4.69) is 20.6 Å². The van der Waals surface area contributed by atoms with Gasteiger partial charge in [0.1, 0.15) is 12.4 Å². The number of pyridine rings is 1. The van der Waals surface area contributed by atoms with E-state index in [0.29, 0.717) is 53.2 Å². The van der Waals surface area contributed by atoms with E-state index in [0.717, 1.165) is 36.2 Å². The van der Waals surface area contributed by atoms with Crippen LogP contribution in [0.2, 0.25) is 5.02 Å². The lowest BCUT2D eigenvalue weighted by atomic mass is 9.64. The first-order chi connectivity index (χ1) is 16.6. The van der Waals surface area contributed by atoms with Crippen LogP contribution in [0.25, 0.3) is 11.3 Å². The maximum atomic E-state index is 13.2. The molecule has 1 saturated carbocycles. The summed E-state index contributed by atoms with van der Waals surface area (Å²) in [5.74, 6) is 0.989. The first kappa shape index (κ1) is 22.6. The SMILES string of the molecule is COCCOc1cnccc1-c1[nH]c2c(c1Nc1cccc(Cl)c1OC)C(=O)NCC21CCC1. The zero-order chi connectivity index (χ0) is 23.7. The van der Waals surface area contributed by atoms with Gasteiger partial charge in [-0.2, -0.15) is 0 Å². The summed E-state index contributed by atoms with van der Waals surface area (Å²) in [4.78, 5) is 21.0. The number of carbonyl (C=O) groups is 1. The predicted octanol–water partition coefficient (Wildman–Crippen LogP) is 4.67. The second-order valence-corrected chi connectivity index (χ2v) is 9.01. The molecule has 1 fully saturated rings. The number of H-pyrrole nitrogens is 1. The van der Waals surface area contributed by atoms with Gasteiger partial charge in [0.25, 0.3) is 5.91 Å². The molecule has 0 bridgehead atoms. The highest BCUT2D eigenvalue weighted by Gasteiger charge is 2.47. The van der Waals surface area contributed by atoms with Gasteiger partial charge >= 0.3 is 0 Å². The third-order valence-corrected chi connectivity index (χ3v) is 6.98. The standard InChI is InChI=1S/C25H27ClN4O4/c1-32-11-12-34-18-13-27-10-7-15(18)20-21(29-17-6-3-5-16(26)22(17)33-2)19-23(30-20)25(8-4-9-25)14-28-24(19)31/h3,5-7,10,13,29-30H,4,8-9,11-12,14H2,1-2H3,(H,28,31). The summed E-state index contributed by atoms with van der Waals surface area (Å²) in [7, 11) is 3.20. The van der Waals surface area contributed by atoms with Gasteiger partial charge in [0.2, 0.25) is 0 Å². The van der Waals surface area contributed by atoms with Crippen molar-refractivity contribution in [3.8, 4) is 22.8 Å². The Morgan fingerprint density at radius 1 is 1.21 bits per heavy atom. The van der Waals surface area contributed by atoms with Gasteiger partial charge in [-0.25, -0.2) is 0 Å². The number of nitrogens with zero attached hydrogens (tertiary/aromatic N) is 1. The molecule has 1 aliphatic heterocycles. The molecule has 178 valence electrons. The number of methoxy groups -OCH3 is 2. The van der Waals surface area contributed by atoms with Crippen LogP contribution in [0.3, 0.4) is 0 Å². The molecule has 0 saturated heterocycles. The van der Waals surface area contributed by atoms with Gasteiger partial charge in [0, 0.05) is 36.5 Å². The normalized spacial score (nSPS) is 15.9. The number of anilines is 2. The molecule has 8 nitrogen and oxygen atoms in total. The molecular weight excluding hydrogens is 456 g/mol. The molecule has 0 atom stereocenters. The summed E-state index contributed by atoms with van der Waals surface area (Å²) >= 11 is 6.38. The van der Waals surface area contributed by atoms with Crippen LogP contribution in [-0.2, 0) is 10.2 Å². The van der Waals surface area contributed by atoms with Crippen LogP contribution in [0.15, 0.2) is 36.7 Å². The highest BCUT2D eigenvalue weighted by atomic mass is 35.5. The molecular formula is C25H27ClN4O4. The van der Waals surface area contributed by atoms with Crippen molar-refractivity contribution < 1.29 is 19.0 Å². The Hall–Kier alpha value is -3.23. The van der Waals surface area contributed by atoms with Gasteiger partial charge in [-0.1, -0.05) is 24.1 Å². The number of carbonyl (C=O) groups excluding carboxylic acids is 1. The number of rotatable bonds is 8. The molecule has 1 aromatic carbocycles. The Bertz CT molecular complexity index is 1220. The Labute approximate surface area is 203 Å². The van der Waals surface area contributed by atoms with E-state index < -0.39 is 0 Å². The van der Waals surface area contributed by atoms with Gasteiger partial charge in [0.05, 0.1) is 47.6 Å². The summed E-state index contributed by atoms with van der Waals surface area (Å²) in [6.07, 6.45) is 6.56. The number of hydrogen-bond donors (Lipinski definition) is 3. The maximum absolute atomic E-state index is 13.2. The molecule has 1 spiro atoms. The lowest BCUT2D eigenvalue weighted by molar-refractivity contribution is 0.0894. The van der Waals surface area contributed by atoms with Gasteiger partial charge in [-0.05, 0) is 31.0 Å². The molecule has 2 aromatic heterocycles. The molecule has 0 unspecified atom stereocenters. The highest BCUT2D eigenvalue weighted by Crippen LogP contribution is 2.51. The number of ether oxygens (including phenoxy) is 3. The lowest BCUT2D eigenvalue weighted by Crippen LogP contribution is -2.50. The van der Waals surface area contributed by atoms with Gasteiger partial charge in [-0.3, -0.25) is 9.78 Å². The van der Waals surface area contributed by atoms with Crippen LogP contribution in [0.4, 0.5) is 11.4 Å². The van der Waals surface area contributed by atoms with E-state index in [9.17, 15) is 4.79 Å². The number of benzene rings is 1. The minimum Gasteiger partial charge on any atom is -0.493 e. The molecule has 3 heterocycles. The van der Waals surface area contributed by atoms with E-state index in [-0.39, 0.29) is 11.3 Å². The fraction of sp³-hybridized carbons (Fsp3) is 0.360. The number of para-hydroxylation sites is 1. The lowest BCUT2D eigenvalue weighted by Gasteiger charge is -2.44. The zero-order valence-electron chi connectivity index (χ0n) is 19.2. The third kappa shape index (κ3) is 3.76. The number of aromatic nitrogens is 2. The molecule has 3 aromatic rings. The molecule has 2 aliphatic rings. The van der Waals surface area contributed by atoms with Gasteiger partial charge in [-0.15, -0.1) is 0 Å². The summed E-state index contributed by atoms with van der Waals surface area (Å²) in [5.41, 5.74) is 4.36. The first-order valence-electron chi connectivity index (χ1n) is 11.3. The molecule has 5 rings (SSSR count). The van der Waals surface area contributed by atoms with Crippen LogP contribution in [0.5, 0.6) is 11.5 Å². The fourth-order valence-corrected chi connectivity index (χ4v) is 5.05. The Morgan fingerprint density at radius 3 is 2.79 bits per heavy atom. The van der Waals surface area contributed by atoms with Crippen LogP contribution in [0.1, 0.15) is 35.3 Å². The van der Waals surface area contributed by atoms with Crippen molar-refractivity contribution in [3.05, 3.63) is 52.9 Å². The Morgan fingerprint density at radius 2 is 2.06 bits per heavy atom. The Kier molecular flexibility index (Phi) is 6.10. The van der Waals surface area contributed by atoms with E-state index in [1.54, 1.807) is 32.7 Å². The van der Waals surface area contributed by atoms with Crippen molar-refractivity contribution >= 4 is 28.9 Å². The van der Waals surface area contributed by atoms with E-state index in [1.807, 2.05) is 18.2 Å². The van der Waals surface area contributed by atoms with Crippen molar-refractivity contribution in [2.24, 2.45) is 0 Å². The number of halogens is 1. The van der Waals surface area contributed by atoms with E-state index >= 15 is 0 Å². The first-order valence-corrected chi connectivity index (χ1v) is 11.7. The number of aromatic amines is 1. The van der Waals surface area contributed by atoms with E-state index in [4.69, 9.17) is 25.8 Å². The van der Waals surface area contributed by atoms with Gasteiger partial charge in [0.15, 0.2) is 5.75 Å². The summed E-state index contributed by atoms with van der Waals surface area (Å²) in [6, 6.07) is 7.35. The number of nitrogens with one attached hydrogen (secondary N) is 3. The topological polar surface area (TPSA) is 97.5 Å². The molecule has 1 aliphatic carbocycles. The number of hydrogen-bond acceptors (Lipinski definition) is 6. The number of fused-ring (bicyclic) bond motifs is 2. The average molecular weight is 483 g/mol. The molecule has 1 amide bonds. The van der Waals surface area contributed by atoms with Gasteiger partial charge < -0.3 is 29.8 Å². The second-order valence-electron chi connectivity index (χ2n) is 8.60. The Balaban J connectivity index is 1.68. The second kappa shape index (κ2) is 9.19. The zero-order valence-corrected chi connectivity index (χ0v) is 19.9. The molecule has 34 heavy (non-hydrogen) atoms. The van der Waals surface area contributed by atoms with Crippen LogP contribution < -0.4 is 20.1 Å². The summed E-state index contributed by atoms with van der Waals surface area (Å²) < 4.78 is 16.7. The molecule has 3 N–H and O–H groups in total. The van der Waals surface area contributed by atoms with Crippen molar-refractivity contribution in [3.63, 3.8) is 0 Å². The number of amides is 1. The minimum atomic E-state index is -0.116. The van der Waals surface area contributed by atoms with Crippen molar-refractivity contribution in [1.29, 1.82) is 0 Å². The average Bonchev–Trinajstić information content (AvgIpc) is 3.19. The molecule has 0 radical (unpaired) electrons. The largest absolute Gasteiger partial charge is 0.493 e. The van der Waals surface area contributed by atoms with E-state index in [1.165, 1.54) is 0 Å². The predicted molar refractivity (Wildman–Crippen MR) is 131 cm³/mol. The van der Waals surface area contributed by atoms with Crippen molar-refractivity contribution in [2.75, 3.05) is 39.3 Å². The summed E-state index contributed by atoms with van der Waals surface area (Å²) in [6.45, 7) is 1.46. The highest BCUT2D eigenvalue weighted by molar-refractivity contribution is 6.32. The fourth-order valence-electron chi connectivity index (χ4n) is 4.79.